The second kappa shape index (κ2) is 12.0. The van der Waals surface area contributed by atoms with Crippen LogP contribution in [0.2, 0.25) is 0 Å². The fourth-order valence-corrected chi connectivity index (χ4v) is 6.73. The number of benzene rings is 1. The van der Waals surface area contributed by atoms with Crippen molar-refractivity contribution < 1.29 is 78.4 Å². The summed E-state index contributed by atoms with van der Waals surface area (Å²) in [6.45, 7) is 4.87. The normalized spacial score (nSPS) is 25.0. The predicted octanol–water partition coefficient (Wildman–Crippen LogP) is -6.09. The number of carboxylic acids is 1. The Morgan fingerprint density at radius 3 is 2.38 bits per heavy atom. The molecule has 3 saturated heterocycles. The van der Waals surface area contributed by atoms with Gasteiger partial charge in [-0.05, 0) is 38.5 Å². The number of aliphatic carboxylic acids is 1. The van der Waals surface area contributed by atoms with Crippen LogP contribution in [0, 0.1) is 0 Å². The zero-order valence-corrected chi connectivity index (χ0v) is 25.9. The van der Waals surface area contributed by atoms with Gasteiger partial charge in [0.05, 0.1) is 12.0 Å². The molecule has 42 heavy (non-hydrogen) atoms. The van der Waals surface area contributed by atoms with E-state index in [0.29, 0.717) is 4.90 Å². The minimum atomic E-state index is -2.12. The molecule has 4 atom stereocenters. The molecule has 0 spiro atoms. The summed E-state index contributed by atoms with van der Waals surface area (Å²) in [5.74, 6) is -6.85. The number of carbonyl (C=O) groups is 7. The second-order valence-corrected chi connectivity index (χ2v) is 11.8. The molecule has 5 N–H and O–H groups in total. The number of likely N-dealkylation sites (N-methyl/N-ethyl adjacent to an activating group) is 1. The van der Waals surface area contributed by atoms with Crippen LogP contribution in [0.3, 0.4) is 0 Å². The smallest absolute Gasteiger partial charge is 0.548 e. The summed E-state index contributed by atoms with van der Waals surface area (Å²) in [7, 11) is 0. The number of phenols is 2. The molecule has 3 heterocycles. The summed E-state index contributed by atoms with van der Waals surface area (Å²) < 4.78 is -1.07. The van der Waals surface area contributed by atoms with Crippen molar-refractivity contribution in [3.63, 3.8) is 0 Å². The molecular weight excluding hydrogens is 587 g/mol. The maximum atomic E-state index is 13.7. The largest absolute Gasteiger partial charge is 1.00 e. The van der Waals surface area contributed by atoms with Crippen LogP contribution in [0.5, 0.6) is 11.5 Å². The summed E-state index contributed by atoms with van der Waals surface area (Å²) in [4.78, 5) is 91.1. The Balaban J connectivity index is 0.00000484. The van der Waals surface area contributed by atoms with E-state index in [1.165, 1.54) is 11.0 Å². The van der Waals surface area contributed by atoms with Crippen LogP contribution < -0.4 is 50.6 Å². The van der Waals surface area contributed by atoms with E-state index in [1.807, 2.05) is 0 Å². The van der Waals surface area contributed by atoms with E-state index in [0.717, 1.165) is 28.8 Å². The molecule has 18 heteroatoms. The van der Waals surface area contributed by atoms with Gasteiger partial charge in [-0.25, -0.2) is 4.79 Å². The zero-order chi connectivity index (χ0) is 30.4. The fraction of sp³-hybridized carbons (Fsp3) is 0.458. The molecule has 16 nitrogen and oxygen atoms in total. The fourth-order valence-electron chi connectivity index (χ4n) is 5.08. The Hall–Kier alpha value is -3.54. The number of hydrogen-bond donors (Lipinski definition) is 5. The van der Waals surface area contributed by atoms with Crippen LogP contribution >= 0.6 is 11.8 Å². The molecule has 0 bridgehead atoms. The Morgan fingerprint density at radius 2 is 1.81 bits per heavy atom. The maximum Gasteiger partial charge on any atom is 1.00 e. The molecule has 0 saturated carbocycles. The molecule has 7 amide bonds. The van der Waals surface area contributed by atoms with Gasteiger partial charge in [-0.3, -0.25) is 28.9 Å². The van der Waals surface area contributed by atoms with Crippen molar-refractivity contribution >= 4 is 53.8 Å². The van der Waals surface area contributed by atoms with Crippen LogP contribution in [0.1, 0.15) is 32.4 Å². The van der Waals surface area contributed by atoms with Crippen molar-refractivity contribution in [2.24, 2.45) is 0 Å². The van der Waals surface area contributed by atoms with Gasteiger partial charge in [0.2, 0.25) is 18.0 Å². The van der Waals surface area contributed by atoms with Gasteiger partial charge in [0.1, 0.15) is 11.4 Å². The van der Waals surface area contributed by atoms with Crippen molar-refractivity contribution in [2.75, 3.05) is 19.6 Å². The van der Waals surface area contributed by atoms with Gasteiger partial charge in [0.25, 0.3) is 5.91 Å². The van der Waals surface area contributed by atoms with Crippen molar-refractivity contribution in [1.82, 2.24) is 30.7 Å². The molecule has 3 fully saturated rings. The Kier molecular flexibility index (Phi) is 9.41. The number of rotatable bonds is 8. The van der Waals surface area contributed by atoms with Gasteiger partial charge in [0, 0.05) is 24.4 Å². The molecule has 1 aromatic rings. The van der Waals surface area contributed by atoms with Gasteiger partial charge >= 0.3 is 47.4 Å². The molecule has 220 valence electrons. The molecular formula is C24H27N6NaO10S. The van der Waals surface area contributed by atoms with E-state index < -0.39 is 75.0 Å². The average molecular weight is 615 g/mol. The number of hydrogen-bond acceptors (Lipinski definition) is 11. The summed E-state index contributed by atoms with van der Waals surface area (Å²) >= 11 is 0.991. The summed E-state index contributed by atoms with van der Waals surface area (Å²) in [6, 6.07) is -1.09. The number of carbonyl (C=O) groups excluding carboxylic acids is 7. The minimum absolute atomic E-state index is 0. The van der Waals surface area contributed by atoms with Gasteiger partial charge in [-0.1, -0.05) is 6.07 Å². The quantitative estimate of drug-likeness (QED) is 0.0462. The van der Waals surface area contributed by atoms with Crippen molar-refractivity contribution in [1.29, 1.82) is 0 Å². The number of amides is 7. The number of imide groups is 1. The van der Waals surface area contributed by atoms with E-state index in [-0.39, 0.29) is 61.2 Å². The van der Waals surface area contributed by atoms with E-state index in [9.17, 15) is 48.9 Å². The van der Waals surface area contributed by atoms with E-state index >= 15 is 0 Å². The summed E-state index contributed by atoms with van der Waals surface area (Å²) in [5, 5.41) is 37.4. The van der Waals surface area contributed by atoms with Gasteiger partial charge in [0.15, 0.2) is 11.5 Å². The molecule has 1 aromatic carbocycles. The Morgan fingerprint density at radius 1 is 1.14 bits per heavy atom. The van der Waals surface area contributed by atoms with Crippen molar-refractivity contribution in [2.45, 2.75) is 48.6 Å². The number of nitrogens with one attached hydrogen (secondary N) is 3. The first-order chi connectivity index (χ1) is 19.2. The first kappa shape index (κ1) is 33.0. The number of β-lactam (4-membered cyclic amide) rings is 1. The molecule has 3 aliphatic heterocycles. The molecule has 4 rings (SSSR count). The number of urea groups is 1. The van der Waals surface area contributed by atoms with Crippen LogP contribution in [0.25, 0.3) is 0 Å². The number of thioether (sulfide) groups is 1. The van der Waals surface area contributed by atoms with E-state index in [4.69, 9.17) is 0 Å². The Bertz CT molecular complexity index is 1360. The molecule has 0 aromatic heterocycles. The van der Waals surface area contributed by atoms with Crippen LogP contribution in [-0.4, -0.2) is 108 Å². The topological polar surface area (TPSA) is 229 Å². The Labute approximate surface area is 265 Å². The standard InChI is InChI=1S/C24H28N6O10S.Na/c1-4-28-7-8-29(18(36)17(28)35)22(40)26-14(11-5-6-12(32)13(33)9-11)16(34)27-24(25-10-31)20(39)30-15(19(37)38)23(2,3)41-21(24)30;/h5-6,9-10,14-15,21,32-33H,4,7-8H2,1-3H3,(H,25,31)(H,26,40)(H,27,34)(H,37,38);/q;+1/p-1/t14?,15-,21+,24+;/m0./s1. The molecule has 3 aliphatic rings. The zero-order valence-electron chi connectivity index (χ0n) is 23.1. The monoisotopic (exact) mass is 614 g/mol. The number of carboxylic acid groups (broad SMARTS) is 1. The van der Waals surface area contributed by atoms with E-state index in [2.05, 4.69) is 16.0 Å². The number of piperazine rings is 1. The number of aromatic hydroxyl groups is 2. The molecule has 0 aliphatic carbocycles. The third-order valence-electron chi connectivity index (χ3n) is 7.18. The first-order valence-electron chi connectivity index (χ1n) is 12.4. The van der Waals surface area contributed by atoms with Gasteiger partial charge in [-0.15, -0.1) is 11.8 Å². The van der Waals surface area contributed by atoms with Gasteiger partial charge in [-0.2, -0.15) is 0 Å². The molecule has 1 unspecified atom stereocenters. The SMILES string of the molecule is CCN1CCN(C(=O)NC(C(=O)N[C@]2(NC=O)C(=O)N3[C@@H](C(=O)[O-])C(C)(C)S[C@@H]32)c2ccc(O)c(O)c2)C(=O)C1=O.[Na+]. The van der Waals surface area contributed by atoms with Crippen molar-refractivity contribution in [3.05, 3.63) is 23.8 Å². The minimum Gasteiger partial charge on any atom is -0.548 e. The van der Waals surface area contributed by atoms with Crippen molar-refractivity contribution in [3.8, 4) is 11.5 Å². The number of fused-ring (bicyclic) bond motifs is 1. The summed E-state index contributed by atoms with van der Waals surface area (Å²) in [6.07, 6.45) is 0.146. The number of phenolic OH excluding ortho intramolecular Hbond substituents is 2. The van der Waals surface area contributed by atoms with Crippen LogP contribution in [0.4, 0.5) is 4.79 Å². The maximum absolute atomic E-state index is 13.7. The first-order valence-corrected chi connectivity index (χ1v) is 13.3. The average Bonchev–Trinajstić information content (AvgIpc) is 3.18. The van der Waals surface area contributed by atoms with Crippen LogP contribution in [0.15, 0.2) is 18.2 Å². The third-order valence-corrected chi connectivity index (χ3v) is 8.81. The van der Waals surface area contributed by atoms with E-state index in [1.54, 1.807) is 20.8 Å². The predicted molar refractivity (Wildman–Crippen MR) is 136 cm³/mol. The second-order valence-electron chi connectivity index (χ2n) is 10.0. The number of nitrogens with zero attached hydrogens (tertiary/aromatic N) is 3. The summed E-state index contributed by atoms with van der Waals surface area (Å²) in [5.41, 5.74) is -2.22. The third kappa shape index (κ3) is 5.36. The van der Waals surface area contributed by atoms with Gasteiger partial charge < -0.3 is 45.9 Å². The molecule has 0 radical (unpaired) electrons. The van der Waals surface area contributed by atoms with Crippen LogP contribution in [-0.2, 0) is 28.8 Å².